The maximum absolute atomic E-state index is 14.6. The van der Waals surface area contributed by atoms with Gasteiger partial charge in [-0.1, -0.05) is 85.6 Å². The zero-order chi connectivity index (χ0) is 43.9. The van der Waals surface area contributed by atoms with Gasteiger partial charge in [0.15, 0.2) is 0 Å². The molecule has 11 nitrogen and oxygen atoms in total. The van der Waals surface area contributed by atoms with E-state index in [-0.39, 0.29) is 50.6 Å². The van der Waals surface area contributed by atoms with Crippen LogP contribution in [0.5, 0.6) is 11.5 Å². The second-order valence-electron chi connectivity index (χ2n) is 16.9. The Kier molecular flexibility index (Phi) is 17.4. The SMILES string of the molecule is C=CCOC12Oc3ccc(OCCSc4ccccc4)cc3C3C(CCCCO)C(CCCCO)C=C(C(=NOC4CCCCO4)CC1N(CCC)C(=O)OCc1ccccc1)C32. The van der Waals surface area contributed by atoms with Gasteiger partial charge in [0.1, 0.15) is 24.1 Å². The molecule has 2 aliphatic heterocycles. The van der Waals surface area contributed by atoms with Crippen molar-refractivity contribution in [3.63, 3.8) is 0 Å². The fraction of sp³-hybridized carbons (Fsp3) is 0.529. The first-order valence-corrected chi connectivity index (χ1v) is 24.1. The Morgan fingerprint density at radius 2 is 1.78 bits per heavy atom. The van der Waals surface area contributed by atoms with E-state index in [1.54, 1.807) is 22.7 Å². The van der Waals surface area contributed by atoms with Crippen molar-refractivity contribution in [1.29, 1.82) is 0 Å². The molecular formula is C51H66N2O9S. The van der Waals surface area contributed by atoms with Gasteiger partial charge in [-0.25, -0.2) is 4.79 Å². The molecule has 4 aliphatic rings. The number of aliphatic hydroxyl groups excluding tert-OH is 2. The molecule has 63 heavy (non-hydrogen) atoms. The van der Waals surface area contributed by atoms with Crippen molar-refractivity contribution in [3.05, 3.63) is 114 Å². The number of rotatable bonds is 23. The van der Waals surface area contributed by atoms with Crippen LogP contribution in [0.15, 0.2) is 113 Å². The molecule has 2 heterocycles. The summed E-state index contributed by atoms with van der Waals surface area (Å²) in [7, 11) is 0. The van der Waals surface area contributed by atoms with Crippen molar-refractivity contribution < 1.29 is 43.5 Å². The number of carbonyl (C=O) groups excluding carboxylic acids is 1. The molecule has 0 radical (unpaired) electrons. The molecule has 7 atom stereocenters. The first kappa shape index (κ1) is 46.7. The van der Waals surface area contributed by atoms with E-state index in [0.717, 1.165) is 78.9 Å². The molecule has 0 bridgehead atoms. The standard InChI is InChI=1S/C51H66N2O9S/c1-3-26-53(50(56)59-36-37-17-7-5-8-18-37)46-35-44(52-62-47-23-13-16-30-58-47)42-33-38(19-11-14-27-54)41(22-12-15-28-55)48-43-34-39(57-31-32-63-40-20-9-6-10-21-40)24-25-45(43)61-51(46,49(42)48)60-29-4-2/h4-10,17-18,20-21,24-25,33-34,38,41,46-49,54-55H,2-3,11-16,19,22-23,26-32,35-36H2,1H3. The summed E-state index contributed by atoms with van der Waals surface area (Å²) in [5.74, 6) is 0.443. The van der Waals surface area contributed by atoms with Crippen LogP contribution in [0.25, 0.3) is 0 Å². The molecule has 0 spiro atoms. The summed E-state index contributed by atoms with van der Waals surface area (Å²) >= 11 is 1.76. The lowest BCUT2D eigenvalue weighted by Gasteiger charge is -2.60. The van der Waals surface area contributed by atoms with E-state index in [9.17, 15) is 15.0 Å². The number of fused-ring (bicyclic) bond motifs is 2. The first-order chi connectivity index (χ1) is 31.0. The molecule has 3 aromatic carbocycles. The lowest BCUT2D eigenvalue weighted by molar-refractivity contribution is -0.255. The van der Waals surface area contributed by atoms with Crippen molar-refractivity contribution in [2.75, 3.05) is 45.3 Å². The molecule has 1 saturated carbocycles. The Morgan fingerprint density at radius 3 is 2.51 bits per heavy atom. The summed E-state index contributed by atoms with van der Waals surface area (Å²) in [6, 6.07) is 25.5. The highest BCUT2D eigenvalue weighted by atomic mass is 32.2. The number of nitrogens with zero attached hydrogens (tertiary/aromatic N) is 2. The summed E-state index contributed by atoms with van der Waals surface area (Å²) in [6.45, 7) is 8.17. The number of hydrogen-bond acceptors (Lipinski definition) is 11. The van der Waals surface area contributed by atoms with Gasteiger partial charge in [0.2, 0.25) is 12.1 Å². The van der Waals surface area contributed by atoms with E-state index in [4.69, 9.17) is 33.7 Å². The van der Waals surface area contributed by atoms with E-state index in [0.29, 0.717) is 44.8 Å². The molecule has 7 unspecified atom stereocenters. The van der Waals surface area contributed by atoms with Crippen LogP contribution in [0.3, 0.4) is 0 Å². The van der Waals surface area contributed by atoms with Crippen LogP contribution in [0.2, 0.25) is 0 Å². The van der Waals surface area contributed by atoms with Crippen LogP contribution in [0.1, 0.15) is 94.6 Å². The predicted molar refractivity (Wildman–Crippen MR) is 246 cm³/mol. The number of allylic oxidation sites excluding steroid dienone is 1. The Bertz CT molecular complexity index is 1960. The van der Waals surface area contributed by atoms with Crippen molar-refractivity contribution in [1.82, 2.24) is 4.90 Å². The maximum Gasteiger partial charge on any atom is 0.410 e. The largest absolute Gasteiger partial charge is 0.493 e. The summed E-state index contributed by atoms with van der Waals surface area (Å²) < 4.78 is 33.1. The van der Waals surface area contributed by atoms with Gasteiger partial charge in [-0.3, -0.25) is 4.90 Å². The van der Waals surface area contributed by atoms with E-state index in [1.807, 2.05) is 60.7 Å². The number of hydrogen-bond donors (Lipinski definition) is 2. The minimum atomic E-state index is -1.38. The first-order valence-electron chi connectivity index (χ1n) is 23.1. The molecular weight excluding hydrogens is 817 g/mol. The number of thioether (sulfide) groups is 1. The highest BCUT2D eigenvalue weighted by molar-refractivity contribution is 7.99. The number of ether oxygens (including phenoxy) is 5. The van der Waals surface area contributed by atoms with Gasteiger partial charge in [0, 0.05) is 54.7 Å². The van der Waals surface area contributed by atoms with Crippen LogP contribution in [-0.2, 0) is 25.7 Å². The fourth-order valence-corrected chi connectivity index (χ4v) is 10.7. The molecule has 3 aromatic rings. The van der Waals surface area contributed by atoms with Crippen LogP contribution in [0, 0.1) is 17.8 Å². The summed E-state index contributed by atoms with van der Waals surface area (Å²) in [5.41, 5.74) is 3.62. The Morgan fingerprint density at radius 1 is 1.00 bits per heavy atom. The fourth-order valence-electron chi connectivity index (χ4n) is 9.91. The second-order valence-corrected chi connectivity index (χ2v) is 18.1. The normalized spacial score (nSPS) is 25.5. The molecule has 12 heteroatoms. The quantitative estimate of drug-likeness (QED) is 0.0411. The van der Waals surface area contributed by atoms with Crippen molar-refractivity contribution in [2.45, 2.75) is 113 Å². The zero-order valence-electron chi connectivity index (χ0n) is 36.8. The van der Waals surface area contributed by atoms with Gasteiger partial charge in [-0.05, 0) is 98.2 Å². The molecule has 1 saturated heterocycles. The number of oxime groups is 1. The highest BCUT2D eigenvalue weighted by Gasteiger charge is 2.65. The molecule has 0 aromatic heterocycles. The maximum atomic E-state index is 14.6. The Balaban J connectivity index is 1.35. The lowest BCUT2D eigenvalue weighted by Crippen LogP contribution is -2.70. The Labute approximate surface area is 377 Å². The van der Waals surface area contributed by atoms with E-state index < -0.39 is 30.1 Å². The summed E-state index contributed by atoms with van der Waals surface area (Å²) in [5, 5.41) is 24.9. The lowest BCUT2D eigenvalue weighted by atomic mass is 9.55. The average Bonchev–Trinajstić information content (AvgIpc) is 3.32. The third kappa shape index (κ3) is 11.5. The molecule has 340 valence electrons. The van der Waals surface area contributed by atoms with Gasteiger partial charge in [0.25, 0.3) is 0 Å². The average molecular weight is 883 g/mol. The second kappa shape index (κ2) is 23.6. The molecule has 7 rings (SSSR count). The monoisotopic (exact) mass is 882 g/mol. The smallest absolute Gasteiger partial charge is 0.410 e. The topological polar surface area (TPSA) is 129 Å². The number of unbranched alkanes of at least 4 members (excludes halogenated alkanes) is 2. The summed E-state index contributed by atoms with van der Waals surface area (Å²) in [4.78, 5) is 23.9. The molecule has 2 fully saturated rings. The minimum Gasteiger partial charge on any atom is -0.493 e. The Hall–Kier alpha value is -4.33. The van der Waals surface area contributed by atoms with Gasteiger partial charge in [-0.15, -0.1) is 18.3 Å². The number of aliphatic hydroxyl groups is 2. The highest BCUT2D eigenvalue weighted by Crippen LogP contribution is 2.62. The molecule has 2 aliphatic carbocycles. The van der Waals surface area contributed by atoms with Crippen LogP contribution in [-0.4, -0.2) is 90.4 Å². The van der Waals surface area contributed by atoms with Crippen LogP contribution in [0.4, 0.5) is 4.79 Å². The van der Waals surface area contributed by atoms with Crippen LogP contribution >= 0.6 is 11.8 Å². The van der Waals surface area contributed by atoms with E-state index in [2.05, 4.69) is 37.8 Å². The number of amides is 1. The van der Waals surface area contributed by atoms with E-state index in [1.165, 1.54) is 4.90 Å². The third-order valence-corrected chi connectivity index (χ3v) is 13.7. The van der Waals surface area contributed by atoms with E-state index >= 15 is 0 Å². The third-order valence-electron chi connectivity index (χ3n) is 12.7. The zero-order valence-corrected chi connectivity index (χ0v) is 37.6. The molecule has 2 N–H and O–H groups in total. The minimum absolute atomic E-state index is 0.0921. The van der Waals surface area contributed by atoms with Crippen molar-refractivity contribution in [2.24, 2.45) is 22.9 Å². The predicted octanol–water partition coefficient (Wildman–Crippen LogP) is 10.1. The summed E-state index contributed by atoms with van der Waals surface area (Å²) in [6.07, 6.45) is 11.6. The van der Waals surface area contributed by atoms with Crippen LogP contribution < -0.4 is 9.47 Å². The van der Waals surface area contributed by atoms with Gasteiger partial charge in [-0.2, -0.15) is 0 Å². The van der Waals surface area contributed by atoms with Gasteiger partial charge >= 0.3 is 6.09 Å². The number of benzene rings is 3. The van der Waals surface area contributed by atoms with Crippen molar-refractivity contribution >= 4 is 23.6 Å². The van der Waals surface area contributed by atoms with Gasteiger partial charge in [0.05, 0.1) is 31.5 Å². The van der Waals surface area contributed by atoms with Crippen molar-refractivity contribution in [3.8, 4) is 11.5 Å². The van der Waals surface area contributed by atoms with Gasteiger partial charge < -0.3 is 38.7 Å². The number of carbonyl (C=O) groups is 1. The molecule has 1 amide bonds.